The number of nitrogens with one attached hydrogen (secondary N) is 2. The van der Waals surface area contributed by atoms with Crippen molar-refractivity contribution in [1.29, 1.82) is 0 Å². The summed E-state index contributed by atoms with van der Waals surface area (Å²) in [5, 5.41) is 6.93. The van der Waals surface area contributed by atoms with Crippen LogP contribution in [0.15, 0.2) is 75.9 Å². The van der Waals surface area contributed by atoms with Gasteiger partial charge in [0, 0.05) is 10.4 Å². The lowest BCUT2D eigenvalue weighted by Gasteiger charge is -2.14. The highest BCUT2D eigenvalue weighted by Crippen LogP contribution is 2.30. The average molecular weight is 499 g/mol. The molecule has 0 bridgehead atoms. The quantitative estimate of drug-likeness (QED) is 0.269. The predicted molar refractivity (Wildman–Crippen MR) is 135 cm³/mol. The molecule has 9 heteroatoms. The van der Waals surface area contributed by atoms with E-state index in [0.29, 0.717) is 33.2 Å². The molecule has 33 heavy (non-hydrogen) atoms. The average Bonchev–Trinajstić information content (AvgIpc) is 2.78. The van der Waals surface area contributed by atoms with E-state index in [4.69, 9.17) is 44.6 Å². The molecule has 0 aliphatic heterocycles. The normalized spacial score (nSPS) is 10.6. The van der Waals surface area contributed by atoms with Gasteiger partial charge >= 0.3 is 5.63 Å². The molecular weight excluding hydrogens is 483 g/mol. The number of methoxy groups -OCH3 is 1. The number of hydrogen-bond acceptors (Lipinski definition) is 5. The first-order valence-electron chi connectivity index (χ1n) is 9.64. The van der Waals surface area contributed by atoms with Crippen molar-refractivity contribution < 1.29 is 13.9 Å². The smallest absolute Gasteiger partial charge is 0.344 e. The largest absolute Gasteiger partial charge is 0.495 e. The first kappa shape index (κ1) is 22.8. The van der Waals surface area contributed by atoms with Crippen LogP contribution in [0.4, 0.5) is 5.69 Å². The molecule has 0 aliphatic rings. The molecule has 1 aromatic heterocycles. The molecule has 1 amide bonds. The zero-order valence-corrected chi connectivity index (χ0v) is 19.5. The predicted octanol–water partition coefficient (Wildman–Crippen LogP) is 5.90. The van der Waals surface area contributed by atoms with E-state index in [9.17, 15) is 9.59 Å². The van der Waals surface area contributed by atoms with Crippen molar-refractivity contribution in [3.05, 3.63) is 92.8 Å². The molecule has 0 unspecified atom stereocenters. The molecule has 4 rings (SSSR count). The molecule has 0 fully saturated rings. The SMILES string of the molecule is COc1ccc(-c2cc3ccccc3oc2=O)cc1NC(=S)NC(=O)c1ccc(Cl)cc1Cl. The third kappa shape index (κ3) is 5.01. The van der Waals surface area contributed by atoms with Gasteiger partial charge in [-0.15, -0.1) is 0 Å². The number of carbonyl (C=O) groups excluding carboxylic acids is 1. The maximum absolute atomic E-state index is 12.6. The number of amides is 1. The minimum absolute atomic E-state index is 0.0204. The van der Waals surface area contributed by atoms with Crippen LogP contribution in [-0.4, -0.2) is 18.1 Å². The van der Waals surface area contributed by atoms with E-state index in [1.807, 2.05) is 12.1 Å². The highest BCUT2D eigenvalue weighted by atomic mass is 35.5. The van der Waals surface area contributed by atoms with E-state index in [2.05, 4.69) is 10.6 Å². The number of rotatable bonds is 4. The number of thiocarbonyl (C=S) groups is 1. The van der Waals surface area contributed by atoms with Crippen LogP contribution in [0, 0.1) is 0 Å². The van der Waals surface area contributed by atoms with Crippen molar-refractivity contribution in [1.82, 2.24) is 5.32 Å². The zero-order valence-electron chi connectivity index (χ0n) is 17.1. The third-order valence-electron chi connectivity index (χ3n) is 4.80. The fourth-order valence-electron chi connectivity index (χ4n) is 3.23. The minimum atomic E-state index is -0.500. The van der Waals surface area contributed by atoms with Crippen LogP contribution in [0.5, 0.6) is 5.75 Å². The lowest BCUT2D eigenvalue weighted by Crippen LogP contribution is -2.34. The highest BCUT2D eigenvalue weighted by molar-refractivity contribution is 7.80. The van der Waals surface area contributed by atoms with Crippen LogP contribution < -0.4 is 21.0 Å². The fourth-order valence-corrected chi connectivity index (χ4v) is 3.93. The standard InChI is InChI=1S/C24H16Cl2N2O4S/c1-31-21-9-6-13(17-10-14-4-2-3-5-20(14)32-23(17)30)11-19(21)27-24(33)28-22(29)16-8-7-15(25)12-18(16)26/h2-12H,1H3,(H2,27,28,29,33). The van der Waals surface area contributed by atoms with Crippen LogP contribution in [0.1, 0.15) is 10.4 Å². The maximum atomic E-state index is 12.6. The van der Waals surface area contributed by atoms with Gasteiger partial charge in [0.05, 0.1) is 28.9 Å². The van der Waals surface area contributed by atoms with Crippen molar-refractivity contribution in [2.75, 3.05) is 12.4 Å². The molecule has 0 spiro atoms. The molecule has 0 radical (unpaired) electrons. The summed E-state index contributed by atoms with van der Waals surface area (Å²) in [6, 6.07) is 18.6. The second-order valence-electron chi connectivity index (χ2n) is 6.93. The van der Waals surface area contributed by atoms with Gasteiger partial charge in [-0.3, -0.25) is 10.1 Å². The second-order valence-corrected chi connectivity index (χ2v) is 8.18. The number of fused-ring (bicyclic) bond motifs is 1. The van der Waals surface area contributed by atoms with Gasteiger partial charge < -0.3 is 14.5 Å². The molecule has 0 saturated carbocycles. The summed E-state index contributed by atoms with van der Waals surface area (Å²) in [6.07, 6.45) is 0. The molecule has 6 nitrogen and oxygen atoms in total. The molecule has 4 aromatic rings. The molecule has 3 aromatic carbocycles. The van der Waals surface area contributed by atoms with E-state index < -0.39 is 11.5 Å². The Hall–Kier alpha value is -3.39. The van der Waals surface area contributed by atoms with Crippen molar-refractivity contribution in [3.63, 3.8) is 0 Å². The van der Waals surface area contributed by atoms with E-state index in [1.54, 1.807) is 42.5 Å². The Labute approximate surface area is 204 Å². The van der Waals surface area contributed by atoms with E-state index in [1.165, 1.54) is 19.2 Å². The Kier molecular flexibility index (Phi) is 6.65. The summed E-state index contributed by atoms with van der Waals surface area (Å²) in [7, 11) is 1.50. The summed E-state index contributed by atoms with van der Waals surface area (Å²) in [5.74, 6) is -0.0375. The molecule has 0 aliphatic carbocycles. The number of ether oxygens (including phenoxy) is 1. The van der Waals surface area contributed by atoms with E-state index in [-0.39, 0.29) is 15.7 Å². The summed E-state index contributed by atoms with van der Waals surface area (Å²) in [6.45, 7) is 0. The molecule has 1 heterocycles. The van der Waals surface area contributed by atoms with Crippen LogP contribution in [-0.2, 0) is 0 Å². The number of para-hydroxylation sites is 1. The van der Waals surface area contributed by atoms with Gasteiger partial charge in [-0.05, 0) is 60.2 Å². The summed E-state index contributed by atoms with van der Waals surface area (Å²) >= 11 is 17.3. The number of halogens is 2. The van der Waals surface area contributed by atoms with Crippen molar-refractivity contribution in [2.24, 2.45) is 0 Å². The molecule has 166 valence electrons. The van der Waals surface area contributed by atoms with Crippen LogP contribution in [0.25, 0.3) is 22.1 Å². The second kappa shape index (κ2) is 9.62. The fraction of sp³-hybridized carbons (Fsp3) is 0.0417. The van der Waals surface area contributed by atoms with Crippen LogP contribution in [0.3, 0.4) is 0 Å². The molecule has 0 atom stereocenters. The monoisotopic (exact) mass is 498 g/mol. The van der Waals surface area contributed by atoms with Gasteiger partial charge in [-0.1, -0.05) is 47.5 Å². The number of hydrogen-bond donors (Lipinski definition) is 2. The Morgan fingerprint density at radius 3 is 2.58 bits per heavy atom. The zero-order chi connectivity index (χ0) is 23.5. The van der Waals surface area contributed by atoms with Gasteiger partial charge in [0.1, 0.15) is 11.3 Å². The van der Waals surface area contributed by atoms with Crippen molar-refractivity contribution in [2.45, 2.75) is 0 Å². The first-order valence-corrected chi connectivity index (χ1v) is 10.8. The van der Waals surface area contributed by atoms with E-state index in [0.717, 1.165) is 5.39 Å². The number of carbonyl (C=O) groups is 1. The molecule has 2 N–H and O–H groups in total. The van der Waals surface area contributed by atoms with Crippen LogP contribution in [0.2, 0.25) is 10.0 Å². The van der Waals surface area contributed by atoms with Gasteiger partial charge in [0.15, 0.2) is 5.11 Å². The summed E-state index contributed by atoms with van der Waals surface area (Å²) < 4.78 is 10.8. The third-order valence-corrected chi connectivity index (χ3v) is 5.55. The summed E-state index contributed by atoms with van der Waals surface area (Å²) in [4.78, 5) is 25.1. The van der Waals surface area contributed by atoms with Gasteiger partial charge in [-0.2, -0.15) is 0 Å². The van der Waals surface area contributed by atoms with Crippen molar-refractivity contribution >= 4 is 63.1 Å². The lowest BCUT2D eigenvalue weighted by molar-refractivity contribution is 0.0978. The van der Waals surface area contributed by atoms with Gasteiger partial charge in [0.2, 0.25) is 0 Å². The molecule has 0 saturated heterocycles. The van der Waals surface area contributed by atoms with Crippen molar-refractivity contribution in [3.8, 4) is 16.9 Å². The highest BCUT2D eigenvalue weighted by Gasteiger charge is 2.15. The Morgan fingerprint density at radius 2 is 1.82 bits per heavy atom. The van der Waals surface area contributed by atoms with Crippen LogP contribution >= 0.6 is 35.4 Å². The number of anilines is 1. The minimum Gasteiger partial charge on any atom is -0.495 e. The van der Waals surface area contributed by atoms with Gasteiger partial charge in [0.25, 0.3) is 5.91 Å². The topological polar surface area (TPSA) is 80.6 Å². The van der Waals surface area contributed by atoms with E-state index >= 15 is 0 Å². The van der Waals surface area contributed by atoms with Gasteiger partial charge in [-0.25, -0.2) is 4.79 Å². The lowest BCUT2D eigenvalue weighted by atomic mass is 10.0. The number of benzene rings is 3. The Morgan fingerprint density at radius 1 is 1.03 bits per heavy atom. The summed E-state index contributed by atoms with van der Waals surface area (Å²) in [5.41, 5.74) is 1.67. The Balaban J connectivity index is 1.61. The first-order chi connectivity index (χ1) is 15.9. The Bertz CT molecular complexity index is 1450. The maximum Gasteiger partial charge on any atom is 0.344 e. The molecular formula is C24H16Cl2N2O4S.